The Morgan fingerprint density at radius 2 is 0.711 bits per heavy atom. The van der Waals surface area contributed by atoms with E-state index < -0.39 is 0 Å². The van der Waals surface area contributed by atoms with Crippen LogP contribution < -0.4 is 67.1 Å². The molecular formula is C106H122F2N16O4. The molecule has 16 rings (SSSR count). The Labute approximate surface area is 748 Å². The van der Waals surface area contributed by atoms with Crippen molar-refractivity contribution in [2.75, 3.05) is 52.4 Å². The van der Waals surface area contributed by atoms with Crippen LogP contribution >= 0.6 is 0 Å². The second kappa shape index (κ2) is 44.7. The van der Waals surface area contributed by atoms with Gasteiger partial charge in [0, 0.05) is 111 Å². The van der Waals surface area contributed by atoms with E-state index in [1.807, 2.05) is 84.9 Å². The summed E-state index contributed by atoms with van der Waals surface area (Å²) in [5.74, 6) is 6.53. The van der Waals surface area contributed by atoms with Gasteiger partial charge in [-0.15, -0.1) is 0 Å². The molecule has 4 heterocycles. The molecule has 2 saturated carbocycles. The van der Waals surface area contributed by atoms with Gasteiger partial charge in [-0.2, -0.15) is 0 Å². The Hall–Kier alpha value is -12.7. The fourth-order valence-corrected chi connectivity index (χ4v) is 16.4. The third-order valence-electron chi connectivity index (χ3n) is 23.5. The van der Waals surface area contributed by atoms with E-state index >= 15 is 0 Å². The minimum atomic E-state index is -0.272. The number of rotatable bonds is 33. The van der Waals surface area contributed by atoms with Crippen molar-refractivity contribution in [3.8, 4) is 78.6 Å². The van der Waals surface area contributed by atoms with Gasteiger partial charge in [0.2, 0.25) is 0 Å². The molecule has 0 unspecified atom stereocenters. The second-order valence-corrected chi connectivity index (χ2v) is 34.3. The molecule has 2 aliphatic carbocycles. The highest BCUT2D eigenvalue weighted by Crippen LogP contribution is 2.41. The lowest BCUT2D eigenvalue weighted by Gasteiger charge is -2.13. The van der Waals surface area contributed by atoms with Gasteiger partial charge in [-0.05, 0) is 259 Å². The number of aromatic nitrogens is 4. The highest BCUT2D eigenvalue weighted by Gasteiger charge is 2.28. The van der Waals surface area contributed by atoms with Crippen LogP contribution in [0, 0.1) is 63.0 Å². The summed E-state index contributed by atoms with van der Waals surface area (Å²) in [5, 5.41) is 16.0. The van der Waals surface area contributed by atoms with Gasteiger partial charge in [-0.3, -0.25) is 19.2 Å². The molecule has 2 aliphatic rings. The third kappa shape index (κ3) is 25.0. The minimum absolute atomic E-state index is 0.100. The predicted octanol–water partition coefficient (Wildman–Crippen LogP) is 17.5. The number of hydrogen-bond acceptors (Lipinski definition) is 12. The first kappa shape index (κ1) is 93.0. The molecule has 22 heteroatoms. The molecule has 10 aromatic carbocycles. The molecule has 14 aromatic rings. The standard InChI is InChI=1S/C30H36N4O.C26H28N4O.C25H31FN4O.C25H27FN4O/c1-18-10-19(2)13-23(12-18)22-7-8-27-26(16-22)28(24-14-20(3)11-21(4)15-24)29(34-27)30(35)33-17-25(32)6-5-9-31;27-15-7-12-21(28)17-29-26(31)25-24(19-10-5-2-6-11-19)22-16-20(13-14-23(22)30-25)18-8-3-1-4-9-18;2*26-19-9-6-17(7-10-19)18-8-12-21-22(11-5-16-3-4-16)24(30-23(21)14-18)25(31)29-15-20(28)2-1-13-27/h7-8,10-16,25,34H,5-6,9,17,31-32H2,1-4H3,(H,33,35);1-6,8-11,13-14,16,21,30H,7,12,15,17,27-28H2,(H,29,31);6-10,12,14,16,20,30H,1-5,11,13,15,27-28H2,(H,29,31);6-10,12,14,16,20,30H,1-4,13,15,27-28H2,(H,29,31)/t25-;21-;2*20-/m0000/s1. The highest BCUT2D eigenvalue weighted by atomic mass is 19.1. The molecule has 0 bridgehead atoms. The molecule has 664 valence electrons. The number of aromatic amines is 4. The van der Waals surface area contributed by atoms with Gasteiger partial charge < -0.3 is 87.1 Å². The number of amides is 4. The number of aryl methyl sites for hydroxylation is 5. The largest absolute Gasteiger partial charge is 0.350 e. The number of benzene rings is 10. The molecule has 4 amide bonds. The van der Waals surface area contributed by atoms with Crippen LogP contribution in [0.2, 0.25) is 0 Å². The van der Waals surface area contributed by atoms with E-state index in [0.717, 1.165) is 204 Å². The Kier molecular flexibility index (Phi) is 32.4. The molecule has 24 N–H and O–H groups in total. The SMILES string of the molecule is Cc1cc(C)cc(-c2ccc3[nH]c(C(=O)NC[C@@H](N)CCCN)c(-c4cc(C)cc(C)c4)c3c2)c1.NCCC[C@H](N)CNC(=O)c1[nH]c2cc(-c3ccc(F)cc3)ccc2c1C#CC1CC1.NCCC[C@H](N)CNC(=O)c1[nH]c2cc(-c3ccc(F)cc3)ccc2c1CCC1CC1.NCCC[C@H](N)CNC(=O)c1[nH]c2ccc(-c3ccccc3)cc2c1-c1ccccc1. The maximum Gasteiger partial charge on any atom is 0.269 e. The fourth-order valence-electron chi connectivity index (χ4n) is 16.4. The lowest BCUT2D eigenvalue weighted by Crippen LogP contribution is -2.37. The van der Waals surface area contributed by atoms with Gasteiger partial charge in [-0.1, -0.05) is 205 Å². The van der Waals surface area contributed by atoms with Gasteiger partial charge in [0.05, 0.1) is 5.56 Å². The second-order valence-electron chi connectivity index (χ2n) is 34.3. The molecule has 4 aromatic heterocycles. The Morgan fingerprint density at radius 1 is 0.359 bits per heavy atom. The summed E-state index contributed by atoms with van der Waals surface area (Å²) in [6.45, 7) is 12.4. The molecule has 0 saturated heterocycles. The van der Waals surface area contributed by atoms with Crippen molar-refractivity contribution < 1.29 is 28.0 Å². The number of hydrogen-bond donors (Lipinski definition) is 16. The maximum absolute atomic E-state index is 13.4. The lowest BCUT2D eigenvalue weighted by molar-refractivity contribution is 0.0938. The summed E-state index contributed by atoms with van der Waals surface area (Å²) in [6, 6.07) is 70.3. The van der Waals surface area contributed by atoms with Crippen molar-refractivity contribution in [3.05, 3.63) is 286 Å². The molecule has 4 atom stereocenters. The van der Waals surface area contributed by atoms with Crippen molar-refractivity contribution in [1.29, 1.82) is 0 Å². The average molecular weight is 1720 g/mol. The van der Waals surface area contributed by atoms with E-state index in [-0.39, 0.29) is 59.4 Å². The van der Waals surface area contributed by atoms with E-state index in [4.69, 9.17) is 45.9 Å². The molecule has 20 nitrogen and oxygen atoms in total. The van der Waals surface area contributed by atoms with Crippen LogP contribution in [0.3, 0.4) is 0 Å². The van der Waals surface area contributed by atoms with Crippen LogP contribution in [-0.4, -0.2) is 120 Å². The van der Waals surface area contributed by atoms with Crippen LogP contribution in [-0.2, 0) is 6.42 Å². The Morgan fingerprint density at radius 3 is 1.15 bits per heavy atom. The zero-order valence-electron chi connectivity index (χ0n) is 73.8. The highest BCUT2D eigenvalue weighted by molar-refractivity contribution is 6.12. The van der Waals surface area contributed by atoms with Crippen molar-refractivity contribution in [2.45, 2.75) is 142 Å². The summed E-state index contributed by atoms with van der Waals surface area (Å²) in [5.41, 5.74) is 71.2. The first-order valence-electron chi connectivity index (χ1n) is 44.9. The smallest absolute Gasteiger partial charge is 0.269 e. The predicted molar refractivity (Wildman–Crippen MR) is 520 cm³/mol. The molecule has 0 spiro atoms. The number of halogens is 2. The average Bonchev–Trinajstić information content (AvgIpc) is 1.63. The monoisotopic (exact) mass is 1720 g/mol. The van der Waals surface area contributed by atoms with E-state index in [1.165, 1.54) is 53.8 Å². The Balaban J connectivity index is 0.000000146. The number of carbonyl (C=O) groups is 4. The van der Waals surface area contributed by atoms with E-state index in [9.17, 15) is 28.0 Å². The topological polar surface area (TPSA) is 388 Å². The Bertz CT molecular complexity index is 6160. The van der Waals surface area contributed by atoms with Crippen LogP contribution in [0.15, 0.2) is 218 Å². The van der Waals surface area contributed by atoms with Crippen LogP contribution in [0.4, 0.5) is 8.78 Å². The summed E-state index contributed by atoms with van der Waals surface area (Å²) in [4.78, 5) is 65.8. The van der Waals surface area contributed by atoms with E-state index in [0.29, 0.717) is 86.6 Å². The van der Waals surface area contributed by atoms with Gasteiger partial charge in [0.1, 0.15) is 34.4 Å². The van der Waals surface area contributed by atoms with E-state index in [2.05, 4.69) is 166 Å². The van der Waals surface area contributed by atoms with Crippen molar-refractivity contribution in [2.24, 2.45) is 57.7 Å². The van der Waals surface area contributed by atoms with Gasteiger partial charge >= 0.3 is 0 Å². The van der Waals surface area contributed by atoms with Crippen molar-refractivity contribution in [1.82, 2.24) is 41.2 Å². The van der Waals surface area contributed by atoms with Gasteiger partial charge in [-0.25, -0.2) is 8.78 Å². The van der Waals surface area contributed by atoms with E-state index in [1.54, 1.807) is 24.3 Å². The number of H-pyrrole nitrogens is 4. The molecule has 2 fully saturated rings. The first-order valence-corrected chi connectivity index (χ1v) is 44.9. The molecule has 0 radical (unpaired) electrons. The van der Waals surface area contributed by atoms with Crippen LogP contribution in [0.25, 0.3) is 110 Å². The first-order chi connectivity index (χ1) is 62.0. The minimum Gasteiger partial charge on any atom is -0.350 e. The summed E-state index contributed by atoms with van der Waals surface area (Å²) in [6.07, 6.45) is 13.3. The zero-order chi connectivity index (χ0) is 90.3. The summed E-state index contributed by atoms with van der Waals surface area (Å²) in [7, 11) is 0. The molecular weight excluding hydrogens is 1600 g/mol. The molecule has 128 heavy (non-hydrogen) atoms. The third-order valence-corrected chi connectivity index (χ3v) is 23.5. The maximum atomic E-state index is 13.4. The number of carbonyl (C=O) groups excluding carboxylic acids is 4. The fraction of sp³-hybridized carbons (Fsp3) is 0.302. The number of nitrogens with two attached hydrogens (primary N) is 8. The van der Waals surface area contributed by atoms with Crippen molar-refractivity contribution in [3.63, 3.8) is 0 Å². The van der Waals surface area contributed by atoms with Crippen LogP contribution in [0.1, 0.15) is 159 Å². The van der Waals surface area contributed by atoms with Crippen molar-refractivity contribution >= 4 is 67.2 Å². The number of fused-ring (bicyclic) bond motifs is 4. The summed E-state index contributed by atoms with van der Waals surface area (Å²) < 4.78 is 26.6. The summed E-state index contributed by atoms with van der Waals surface area (Å²) >= 11 is 0. The lowest BCUT2D eigenvalue weighted by atomic mass is 9.95. The van der Waals surface area contributed by atoms with Gasteiger partial charge in [0.25, 0.3) is 23.6 Å². The molecule has 0 aliphatic heterocycles. The normalized spacial score (nSPS) is 13.2. The van der Waals surface area contributed by atoms with Gasteiger partial charge in [0.15, 0.2) is 0 Å². The number of nitrogens with one attached hydrogen (secondary N) is 8. The quantitative estimate of drug-likeness (QED) is 0.0171. The van der Waals surface area contributed by atoms with Crippen LogP contribution in [0.5, 0.6) is 0 Å². The zero-order valence-corrected chi connectivity index (χ0v) is 73.8.